The molecule has 0 saturated carbocycles. The van der Waals surface area contributed by atoms with Crippen LogP contribution in [0, 0.1) is 0 Å². The second-order valence-corrected chi connectivity index (χ2v) is 6.80. The molecule has 0 radical (unpaired) electrons. The second-order valence-electron chi connectivity index (χ2n) is 5.94. The quantitative estimate of drug-likeness (QED) is 0.857. The predicted octanol–water partition coefficient (Wildman–Crippen LogP) is 3.37. The summed E-state index contributed by atoms with van der Waals surface area (Å²) in [6, 6.07) is 15.1. The van der Waals surface area contributed by atoms with E-state index in [1.54, 1.807) is 13.0 Å². The molecule has 0 bridgehead atoms. The topological polar surface area (TPSA) is 52.7 Å². The molecule has 6 heteroatoms. The fourth-order valence-corrected chi connectivity index (χ4v) is 3.42. The van der Waals surface area contributed by atoms with E-state index in [0.29, 0.717) is 18.7 Å². The molecule has 5 nitrogen and oxygen atoms in total. The van der Waals surface area contributed by atoms with Gasteiger partial charge in [-0.2, -0.15) is 0 Å². The summed E-state index contributed by atoms with van der Waals surface area (Å²) in [6.45, 7) is 4.49. The Balaban J connectivity index is 1.77. The van der Waals surface area contributed by atoms with Crippen LogP contribution in [0.25, 0.3) is 0 Å². The largest absolute Gasteiger partial charge is 0.366 e. The van der Waals surface area contributed by atoms with Gasteiger partial charge < -0.3 is 15.1 Å². The van der Waals surface area contributed by atoms with Crippen molar-refractivity contribution in [3.05, 3.63) is 58.6 Å². The Kier molecular flexibility index (Phi) is 5.38. The first-order chi connectivity index (χ1) is 12.1. The molecule has 0 unspecified atom stereocenters. The highest BCUT2D eigenvalue weighted by Crippen LogP contribution is 2.28. The SMILES string of the molecule is CC(=O)N1CCN(c2ccccc2NC(=O)c2ccccc2Br)CC1. The van der Waals surface area contributed by atoms with Crippen molar-refractivity contribution in [2.45, 2.75) is 6.92 Å². The molecule has 1 heterocycles. The van der Waals surface area contributed by atoms with Crippen molar-refractivity contribution in [2.75, 3.05) is 36.4 Å². The Labute approximate surface area is 155 Å². The van der Waals surface area contributed by atoms with Gasteiger partial charge in [-0.3, -0.25) is 9.59 Å². The van der Waals surface area contributed by atoms with E-state index in [4.69, 9.17) is 0 Å². The van der Waals surface area contributed by atoms with Crippen LogP contribution >= 0.6 is 15.9 Å². The lowest BCUT2D eigenvalue weighted by molar-refractivity contribution is -0.129. The van der Waals surface area contributed by atoms with E-state index in [-0.39, 0.29) is 11.8 Å². The van der Waals surface area contributed by atoms with Crippen LogP contribution in [0.15, 0.2) is 53.0 Å². The fraction of sp³-hybridized carbons (Fsp3) is 0.263. The third-order valence-electron chi connectivity index (χ3n) is 4.34. The van der Waals surface area contributed by atoms with E-state index >= 15 is 0 Å². The number of nitrogens with one attached hydrogen (secondary N) is 1. The van der Waals surface area contributed by atoms with Gasteiger partial charge in [0.2, 0.25) is 5.91 Å². The van der Waals surface area contributed by atoms with Gasteiger partial charge in [-0.05, 0) is 40.2 Å². The molecule has 3 rings (SSSR count). The summed E-state index contributed by atoms with van der Waals surface area (Å²) < 4.78 is 0.764. The molecule has 1 N–H and O–H groups in total. The van der Waals surface area contributed by atoms with Gasteiger partial charge in [-0.15, -0.1) is 0 Å². The van der Waals surface area contributed by atoms with Crippen molar-refractivity contribution in [1.82, 2.24) is 4.90 Å². The number of halogens is 1. The molecule has 0 spiro atoms. The van der Waals surface area contributed by atoms with Crippen LogP contribution < -0.4 is 10.2 Å². The summed E-state index contributed by atoms with van der Waals surface area (Å²) in [6.07, 6.45) is 0. The van der Waals surface area contributed by atoms with Gasteiger partial charge in [0.05, 0.1) is 16.9 Å². The molecule has 1 fully saturated rings. The van der Waals surface area contributed by atoms with Gasteiger partial charge in [0.15, 0.2) is 0 Å². The molecule has 25 heavy (non-hydrogen) atoms. The highest BCUT2D eigenvalue weighted by molar-refractivity contribution is 9.10. The third kappa shape index (κ3) is 4.02. The lowest BCUT2D eigenvalue weighted by Crippen LogP contribution is -2.48. The van der Waals surface area contributed by atoms with Gasteiger partial charge in [-0.1, -0.05) is 24.3 Å². The minimum atomic E-state index is -0.151. The molecule has 2 aromatic rings. The number of nitrogens with zero attached hydrogens (tertiary/aromatic N) is 2. The Bertz CT molecular complexity index is 786. The summed E-state index contributed by atoms with van der Waals surface area (Å²) in [7, 11) is 0. The number of hydrogen-bond acceptors (Lipinski definition) is 3. The van der Waals surface area contributed by atoms with Gasteiger partial charge >= 0.3 is 0 Å². The summed E-state index contributed by atoms with van der Waals surface area (Å²) >= 11 is 3.42. The zero-order valence-corrected chi connectivity index (χ0v) is 15.6. The Morgan fingerprint density at radius 2 is 1.60 bits per heavy atom. The molecule has 130 valence electrons. The molecule has 2 aromatic carbocycles. The molecule has 0 atom stereocenters. The number of carbonyl (C=O) groups is 2. The van der Waals surface area contributed by atoms with Crippen molar-refractivity contribution in [1.29, 1.82) is 0 Å². The van der Waals surface area contributed by atoms with Gasteiger partial charge in [-0.25, -0.2) is 0 Å². The van der Waals surface area contributed by atoms with E-state index < -0.39 is 0 Å². The number of piperazine rings is 1. The van der Waals surface area contributed by atoms with Gasteiger partial charge in [0.25, 0.3) is 5.91 Å². The lowest BCUT2D eigenvalue weighted by Gasteiger charge is -2.36. The van der Waals surface area contributed by atoms with Crippen molar-refractivity contribution in [3.63, 3.8) is 0 Å². The zero-order valence-electron chi connectivity index (χ0n) is 14.0. The van der Waals surface area contributed by atoms with Crippen LogP contribution in [0.4, 0.5) is 11.4 Å². The van der Waals surface area contributed by atoms with Crippen LogP contribution in [-0.2, 0) is 4.79 Å². The highest BCUT2D eigenvalue weighted by Gasteiger charge is 2.21. The maximum Gasteiger partial charge on any atom is 0.256 e. The maximum atomic E-state index is 12.6. The molecule has 1 aliphatic rings. The highest BCUT2D eigenvalue weighted by atomic mass is 79.9. The number of carbonyl (C=O) groups excluding carboxylic acids is 2. The summed E-state index contributed by atoms with van der Waals surface area (Å²) in [5.41, 5.74) is 2.35. The summed E-state index contributed by atoms with van der Waals surface area (Å²) in [4.78, 5) is 28.1. The Morgan fingerprint density at radius 1 is 0.960 bits per heavy atom. The normalized spacial score (nSPS) is 14.3. The predicted molar refractivity (Wildman–Crippen MR) is 103 cm³/mol. The van der Waals surface area contributed by atoms with E-state index in [0.717, 1.165) is 28.9 Å². The van der Waals surface area contributed by atoms with Crippen molar-refractivity contribution >= 4 is 39.1 Å². The van der Waals surface area contributed by atoms with Crippen LogP contribution in [0.1, 0.15) is 17.3 Å². The number of hydrogen-bond donors (Lipinski definition) is 1. The first-order valence-corrected chi connectivity index (χ1v) is 9.01. The third-order valence-corrected chi connectivity index (χ3v) is 5.03. The fourth-order valence-electron chi connectivity index (χ4n) is 2.95. The van der Waals surface area contributed by atoms with Crippen molar-refractivity contribution in [2.24, 2.45) is 0 Å². The average Bonchev–Trinajstić information content (AvgIpc) is 2.62. The van der Waals surface area contributed by atoms with Crippen LogP contribution in [-0.4, -0.2) is 42.9 Å². The van der Waals surface area contributed by atoms with Crippen LogP contribution in [0.2, 0.25) is 0 Å². The molecule has 2 amide bonds. The zero-order chi connectivity index (χ0) is 17.8. The number of benzene rings is 2. The molecule has 0 aromatic heterocycles. The number of rotatable bonds is 3. The lowest BCUT2D eigenvalue weighted by atomic mass is 10.1. The minimum Gasteiger partial charge on any atom is -0.366 e. The summed E-state index contributed by atoms with van der Waals surface area (Å²) in [5.74, 6) is -0.0440. The molecular weight excluding hydrogens is 382 g/mol. The van der Waals surface area contributed by atoms with Crippen LogP contribution in [0.5, 0.6) is 0 Å². The first-order valence-electron chi connectivity index (χ1n) is 8.21. The molecular formula is C19H20BrN3O2. The molecule has 1 saturated heterocycles. The standard InChI is InChI=1S/C19H20BrN3O2/c1-14(24)22-10-12-23(13-11-22)18-9-5-4-8-17(18)21-19(25)15-6-2-3-7-16(15)20/h2-9H,10-13H2,1H3,(H,21,25). The molecule has 1 aliphatic heterocycles. The first kappa shape index (κ1) is 17.5. The number of amides is 2. The monoisotopic (exact) mass is 401 g/mol. The Hall–Kier alpha value is -2.34. The van der Waals surface area contributed by atoms with Gasteiger partial charge in [0.1, 0.15) is 0 Å². The van der Waals surface area contributed by atoms with E-state index in [1.807, 2.05) is 47.4 Å². The van der Waals surface area contributed by atoms with E-state index in [2.05, 4.69) is 26.1 Å². The smallest absolute Gasteiger partial charge is 0.256 e. The van der Waals surface area contributed by atoms with Crippen molar-refractivity contribution < 1.29 is 9.59 Å². The maximum absolute atomic E-state index is 12.6. The molecule has 0 aliphatic carbocycles. The summed E-state index contributed by atoms with van der Waals surface area (Å²) in [5, 5.41) is 3.01. The number of para-hydroxylation sites is 2. The minimum absolute atomic E-state index is 0.107. The number of anilines is 2. The Morgan fingerprint density at radius 3 is 2.28 bits per heavy atom. The average molecular weight is 402 g/mol. The van der Waals surface area contributed by atoms with Crippen LogP contribution in [0.3, 0.4) is 0 Å². The second kappa shape index (κ2) is 7.70. The van der Waals surface area contributed by atoms with E-state index in [9.17, 15) is 9.59 Å². The van der Waals surface area contributed by atoms with Gasteiger partial charge in [0, 0.05) is 37.6 Å². The van der Waals surface area contributed by atoms with Crippen molar-refractivity contribution in [3.8, 4) is 0 Å². The van der Waals surface area contributed by atoms with E-state index in [1.165, 1.54) is 0 Å².